The number of carbonyl (C=O) groups is 1. The number of hydrogen-bond acceptors (Lipinski definition) is 2. The monoisotopic (exact) mass is 354 g/mol. The van der Waals surface area contributed by atoms with Crippen LogP contribution in [0.25, 0.3) is 10.9 Å². The van der Waals surface area contributed by atoms with Crippen LogP contribution < -0.4 is 0 Å². The summed E-state index contributed by atoms with van der Waals surface area (Å²) in [4.78, 5) is 18.7. The fourth-order valence-corrected chi connectivity index (χ4v) is 4.81. The summed E-state index contributed by atoms with van der Waals surface area (Å²) < 4.78 is 6.01. The lowest BCUT2D eigenvalue weighted by Crippen LogP contribution is -2.37. The molecule has 4 nitrogen and oxygen atoms in total. The van der Waals surface area contributed by atoms with E-state index in [4.69, 9.17) is 4.42 Å². The Labute approximate surface area is 156 Å². The van der Waals surface area contributed by atoms with Crippen LogP contribution >= 0.6 is 0 Å². The SMILES string of the molecule is Cc1ccc([C@@H]2CN3C(=O)c4ccccc4[C@H]3c3[nH]c4ccccc4c32)o1. The maximum absolute atomic E-state index is 13.1. The van der Waals surface area contributed by atoms with Crippen molar-refractivity contribution in [3.63, 3.8) is 0 Å². The zero-order chi connectivity index (χ0) is 18.1. The zero-order valence-corrected chi connectivity index (χ0v) is 14.9. The zero-order valence-electron chi connectivity index (χ0n) is 14.9. The molecule has 2 atom stereocenters. The minimum absolute atomic E-state index is 0.0272. The minimum Gasteiger partial charge on any atom is -0.466 e. The summed E-state index contributed by atoms with van der Waals surface area (Å²) >= 11 is 0. The molecule has 4 heterocycles. The normalized spacial score (nSPS) is 20.6. The van der Waals surface area contributed by atoms with Gasteiger partial charge in [0, 0.05) is 28.7 Å². The molecule has 4 heteroatoms. The van der Waals surface area contributed by atoms with Gasteiger partial charge in [-0.05, 0) is 42.3 Å². The van der Waals surface area contributed by atoms with Gasteiger partial charge in [-0.3, -0.25) is 4.79 Å². The molecule has 0 aliphatic carbocycles. The Morgan fingerprint density at radius 1 is 1.04 bits per heavy atom. The van der Waals surface area contributed by atoms with Crippen LogP contribution in [0.3, 0.4) is 0 Å². The van der Waals surface area contributed by atoms with E-state index >= 15 is 0 Å². The molecule has 0 saturated carbocycles. The van der Waals surface area contributed by atoms with E-state index in [-0.39, 0.29) is 17.9 Å². The highest BCUT2D eigenvalue weighted by Gasteiger charge is 2.46. The van der Waals surface area contributed by atoms with Crippen molar-refractivity contribution in [1.82, 2.24) is 9.88 Å². The molecule has 4 aromatic rings. The number of hydrogen-bond donors (Lipinski definition) is 1. The summed E-state index contributed by atoms with van der Waals surface area (Å²) in [6, 6.07) is 20.3. The summed E-state index contributed by atoms with van der Waals surface area (Å²) in [6.07, 6.45) is 0. The molecular formula is C23H18N2O2. The van der Waals surface area contributed by atoms with Gasteiger partial charge in [-0.2, -0.15) is 0 Å². The number of aromatic amines is 1. The number of furan rings is 1. The predicted octanol–water partition coefficient (Wildman–Crippen LogP) is 4.76. The molecular weight excluding hydrogens is 336 g/mol. The van der Waals surface area contributed by atoms with Crippen LogP contribution in [0.1, 0.15) is 50.7 Å². The first-order valence-electron chi connectivity index (χ1n) is 9.29. The smallest absolute Gasteiger partial charge is 0.255 e. The van der Waals surface area contributed by atoms with Crippen molar-refractivity contribution in [3.8, 4) is 0 Å². The molecule has 27 heavy (non-hydrogen) atoms. The van der Waals surface area contributed by atoms with Gasteiger partial charge in [0.1, 0.15) is 11.5 Å². The average molecular weight is 354 g/mol. The number of aryl methyl sites for hydroxylation is 1. The second kappa shape index (κ2) is 5.13. The van der Waals surface area contributed by atoms with Crippen LogP contribution in [0.2, 0.25) is 0 Å². The molecule has 2 aliphatic rings. The lowest BCUT2D eigenvalue weighted by atomic mass is 9.85. The Morgan fingerprint density at radius 2 is 1.85 bits per heavy atom. The summed E-state index contributed by atoms with van der Waals surface area (Å²) in [7, 11) is 0. The fourth-order valence-electron chi connectivity index (χ4n) is 4.81. The number of rotatable bonds is 1. The van der Waals surface area contributed by atoms with Crippen LogP contribution in [0.5, 0.6) is 0 Å². The number of nitrogens with one attached hydrogen (secondary N) is 1. The van der Waals surface area contributed by atoms with E-state index in [2.05, 4.69) is 29.2 Å². The molecule has 0 saturated heterocycles. The molecule has 0 unspecified atom stereocenters. The maximum Gasteiger partial charge on any atom is 0.255 e. The second-order valence-electron chi connectivity index (χ2n) is 7.45. The van der Waals surface area contributed by atoms with Gasteiger partial charge in [-0.1, -0.05) is 36.4 Å². The van der Waals surface area contributed by atoms with Gasteiger partial charge < -0.3 is 14.3 Å². The number of amides is 1. The van der Waals surface area contributed by atoms with Gasteiger partial charge in [-0.25, -0.2) is 0 Å². The van der Waals surface area contributed by atoms with E-state index in [9.17, 15) is 4.79 Å². The van der Waals surface area contributed by atoms with Crippen molar-refractivity contribution < 1.29 is 9.21 Å². The van der Waals surface area contributed by atoms with E-state index in [1.807, 2.05) is 48.2 Å². The lowest BCUT2D eigenvalue weighted by molar-refractivity contribution is 0.0723. The summed E-state index contributed by atoms with van der Waals surface area (Å²) in [6.45, 7) is 2.59. The van der Waals surface area contributed by atoms with Crippen LogP contribution in [-0.2, 0) is 0 Å². The molecule has 1 N–H and O–H groups in total. The van der Waals surface area contributed by atoms with Gasteiger partial charge >= 0.3 is 0 Å². The van der Waals surface area contributed by atoms with Crippen LogP contribution in [0, 0.1) is 6.92 Å². The van der Waals surface area contributed by atoms with Crippen LogP contribution in [0.4, 0.5) is 0 Å². The van der Waals surface area contributed by atoms with Crippen molar-refractivity contribution in [2.45, 2.75) is 18.9 Å². The molecule has 0 spiro atoms. The van der Waals surface area contributed by atoms with Gasteiger partial charge in [0.25, 0.3) is 5.91 Å². The first-order chi connectivity index (χ1) is 13.2. The van der Waals surface area contributed by atoms with E-state index < -0.39 is 0 Å². The average Bonchev–Trinajstić information content (AvgIpc) is 3.36. The van der Waals surface area contributed by atoms with E-state index in [1.165, 1.54) is 10.9 Å². The van der Waals surface area contributed by atoms with Crippen LogP contribution in [-0.4, -0.2) is 22.3 Å². The third kappa shape index (κ3) is 1.90. The second-order valence-corrected chi connectivity index (χ2v) is 7.45. The molecule has 6 rings (SSSR count). The van der Waals surface area contributed by atoms with Crippen molar-refractivity contribution in [2.75, 3.05) is 6.54 Å². The quantitative estimate of drug-likeness (QED) is 0.536. The molecule has 0 radical (unpaired) electrons. The van der Waals surface area contributed by atoms with E-state index in [0.717, 1.165) is 33.9 Å². The fraction of sp³-hybridized carbons (Fsp3) is 0.174. The highest BCUT2D eigenvalue weighted by atomic mass is 16.3. The molecule has 132 valence electrons. The van der Waals surface area contributed by atoms with E-state index in [0.29, 0.717) is 6.54 Å². The van der Waals surface area contributed by atoms with Crippen LogP contribution in [0.15, 0.2) is 65.1 Å². The highest BCUT2D eigenvalue weighted by molar-refractivity contribution is 6.01. The van der Waals surface area contributed by atoms with Gasteiger partial charge in [-0.15, -0.1) is 0 Å². The lowest BCUT2D eigenvalue weighted by Gasteiger charge is -2.35. The Kier molecular flexibility index (Phi) is 2.82. The summed E-state index contributed by atoms with van der Waals surface area (Å²) in [5, 5.41) is 1.21. The summed E-state index contributed by atoms with van der Waals surface area (Å²) in [5.74, 6) is 1.94. The first-order valence-corrected chi connectivity index (χ1v) is 9.29. The molecule has 0 bridgehead atoms. The first kappa shape index (κ1) is 14.9. The van der Waals surface area contributed by atoms with Gasteiger partial charge in [0.05, 0.1) is 12.0 Å². The third-order valence-electron chi connectivity index (χ3n) is 5.94. The molecule has 2 aromatic carbocycles. The molecule has 2 aliphatic heterocycles. The number of para-hydroxylation sites is 1. The van der Waals surface area contributed by atoms with Crippen molar-refractivity contribution in [2.24, 2.45) is 0 Å². The molecule has 2 aromatic heterocycles. The maximum atomic E-state index is 13.1. The van der Waals surface area contributed by atoms with E-state index in [1.54, 1.807) is 0 Å². The number of carbonyl (C=O) groups excluding carboxylic acids is 1. The van der Waals surface area contributed by atoms with Gasteiger partial charge in [0.2, 0.25) is 0 Å². The minimum atomic E-state index is -0.0524. The number of H-pyrrole nitrogens is 1. The van der Waals surface area contributed by atoms with Crippen molar-refractivity contribution in [3.05, 3.63) is 94.6 Å². The van der Waals surface area contributed by atoms with Crippen molar-refractivity contribution in [1.29, 1.82) is 0 Å². The van der Waals surface area contributed by atoms with Crippen molar-refractivity contribution >= 4 is 16.8 Å². The predicted molar refractivity (Wildman–Crippen MR) is 103 cm³/mol. The Morgan fingerprint density at radius 3 is 2.70 bits per heavy atom. The Hall–Kier alpha value is -3.27. The Balaban J connectivity index is 1.65. The topological polar surface area (TPSA) is 49.2 Å². The number of nitrogens with zero attached hydrogens (tertiary/aromatic N) is 1. The molecule has 1 amide bonds. The molecule has 0 fully saturated rings. The number of fused-ring (bicyclic) bond motifs is 7. The number of aromatic nitrogens is 1. The number of benzene rings is 2. The standard InChI is InChI=1S/C23H18N2O2/c1-13-10-11-19(27-13)17-12-25-22(14-6-2-3-7-15(14)23(25)26)21-20(17)16-8-4-5-9-18(16)24-21/h2-11,17,22,24H,12H2,1H3/t17-,22-/m0/s1. The summed E-state index contributed by atoms with van der Waals surface area (Å²) in [5.41, 5.74) is 5.37. The van der Waals surface area contributed by atoms with Gasteiger partial charge in [0.15, 0.2) is 0 Å². The third-order valence-corrected chi connectivity index (χ3v) is 5.94. The Bertz CT molecular complexity index is 1220. The largest absolute Gasteiger partial charge is 0.466 e. The highest BCUT2D eigenvalue weighted by Crippen LogP contribution is 2.49.